The lowest BCUT2D eigenvalue weighted by Gasteiger charge is -2.14. The van der Waals surface area contributed by atoms with Crippen molar-refractivity contribution in [1.29, 1.82) is 0 Å². The van der Waals surface area contributed by atoms with E-state index < -0.39 is 5.97 Å². The average molecular weight is 456 g/mol. The number of nitrogens with zero attached hydrogens (tertiary/aromatic N) is 2. The second-order valence-corrected chi connectivity index (χ2v) is 7.38. The third kappa shape index (κ3) is 4.54. The molecule has 0 bridgehead atoms. The number of aromatic nitrogens is 1. The number of carbonyl (C=O) groups is 1. The van der Waals surface area contributed by atoms with Gasteiger partial charge in [0.25, 0.3) is 5.56 Å². The first-order valence-electron chi connectivity index (χ1n) is 10.9. The van der Waals surface area contributed by atoms with Crippen molar-refractivity contribution >= 4 is 28.6 Å². The van der Waals surface area contributed by atoms with E-state index in [1.807, 2.05) is 6.92 Å². The summed E-state index contributed by atoms with van der Waals surface area (Å²) in [5, 5.41) is 12.2. The largest absolute Gasteiger partial charge is 0.494 e. The van der Waals surface area contributed by atoms with Crippen LogP contribution in [0, 0.1) is 0 Å². The van der Waals surface area contributed by atoms with Crippen LogP contribution in [0.5, 0.6) is 11.6 Å². The molecule has 172 valence electrons. The van der Waals surface area contributed by atoms with Gasteiger partial charge in [-0.1, -0.05) is 18.2 Å². The molecule has 0 aliphatic heterocycles. The standard InChI is InChI=1S/C27H24N2O5/c1-3-33-21-15-13-20(14-16-21)29-25(30)23-8-6-5-7-22(23)24(26(29)31)17-28-19-11-9-18(10-12-19)27(32)34-4-2/h5-17,31H,3-4H2,1-2H3. The predicted molar refractivity (Wildman–Crippen MR) is 132 cm³/mol. The van der Waals surface area contributed by atoms with Gasteiger partial charge in [-0.05, 0) is 68.4 Å². The van der Waals surface area contributed by atoms with Crippen molar-refractivity contribution in [1.82, 2.24) is 4.57 Å². The van der Waals surface area contributed by atoms with Crippen molar-refractivity contribution in [3.05, 3.63) is 94.3 Å². The highest BCUT2D eigenvalue weighted by Gasteiger charge is 2.16. The monoisotopic (exact) mass is 456 g/mol. The molecule has 0 amide bonds. The van der Waals surface area contributed by atoms with Crippen molar-refractivity contribution in [3.8, 4) is 17.3 Å². The molecule has 4 rings (SSSR count). The molecule has 3 aromatic carbocycles. The summed E-state index contributed by atoms with van der Waals surface area (Å²) in [5.74, 6) is 0.0523. The molecule has 0 spiro atoms. The molecule has 0 saturated heterocycles. The predicted octanol–water partition coefficient (Wildman–Crippen LogP) is 5.02. The average Bonchev–Trinajstić information content (AvgIpc) is 2.86. The van der Waals surface area contributed by atoms with Crippen LogP contribution < -0.4 is 10.3 Å². The van der Waals surface area contributed by atoms with Crippen LogP contribution in [-0.4, -0.2) is 35.1 Å². The number of aliphatic imine (C=N–C) groups is 1. The molecule has 4 aromatic rings. The van der Waals surface area contributed by atoms with Crippen molar-refractivity contribution in [3.63, 3.8) is 0 Å². The van der Waals surface area contributed by atoms with E-state index in [4.69, 9.17) is 9.47 Å². The highest BCUT2D eigenvalue weighted by atomic mass is 16.5. The lowest BCUT2D eigenvalue weighted by molar-refractivity contribution is 0.0526. The summed E-state index contributed by atoms with van der Waals surface area (Å²) in [6.07, 6.45) is 1.52. The van der Waals surface area contributed by atoms with Crippen LogP contribution in [0.15, 0.2) is 82.6 Å². The van der Waals surface area contributed by atoms with Gasteiger partial charge in [0.2, 0.25) is 5.88 Å². The first kappa shape index (κ1) is 22.8. The molecule has 1 heterocycles. The molecule has 0 unspecified atom stereocenters. The quantitative estimate of drug-likeness (QED) is 0.311. The number of benzene rings is 3. The van der Waals surface area contributed by atoms with Gasteiger partial charge in [0.15, 0.2) is 0 Å². The molecule has 0 saturated carbocycles. The maximum Gasteiger partial charge on any atom is 0.338 e. The van der Waals surface area contributed by atoms with Crippen LogP contribution in [0.1, 0.15) is 29.8 Å². The fourth-order valence-electron chi connectivity index (χ4n) is 3.62. The number of ether oxygens (including phenoxy) is 2. The minimum absolute atomic E-state index is 0.222. The van der Waals surface area contributed by atoms with Gasteiger partial charge in [0.05, 0.1) is 35.7 Å². The Labute approximate surface area is 196 Å². The van der Waals surface area contributed by atoms with Gasteiger partial charge in [-0.15, -0.1) is 0 Å². The number of esters is 1. The van der Waals surface area contributed by atoms with Gasteiger partial charge in [0.1, 0.15) is 5.75 Å². The summed E-state index contributed by atoms with van der Waals surface area (Å²) >= 11 is 0. The van der Waals surface area contributed by atoms with Gasteiger partial charge in [-0.2, -0.15) is 0 Å². The molecule has 1 N–H and O–H groups in total. The molecule has 7 heteroatoms. The fraction of sp³-hybridized carbons (Fsp3) is 0.148. The maximum atomic E-state index is 13.2. The number of carbonyl (C=O) groups excluding carboxylic acids is 1. The van der Waals surface area contributed by atoms with Crippen molar-refractivity contribution in [2.24, 2.45) is 4.99 Å². The van der Waals surface area contributed by atoms with Crippen LogP contribution in [0.2, 0.25) is 0 Å². The zero-order valence-corrected chi connectivity index (χ0v) is 18.9. The van der Waals surface area contributed by atoms with E-state index in [0.717, 1.165) is 0 Å². The van der Waals surface area contributed by atoms with Gasteiger partial charge in [0, 0.05) is 17.0 Å². The molecule has 7 nitrogen and oxygen atoms in total. The molecule has 0 radical (unpaired) electrons. The molecular formula is C27H24N2O5. The van der Waals surface area contributed by atoms with Gasteiger partial charge in [-0.3, -0.25) is 9.79 Å². The van der Waals surface area contributed by atoms with E-state index in [9.17, 15) is 14.7 Å². The van der Waals surface area contributed by atoms with Crippen LogP contribution in [0.3, 0.4) is 0 Å². The Morgan fingerprint density at radius 3 is 2.26 bits per heavy atom. The summed E-state index contributed by atoms with van der Waals surface area (Å²) in [6, 6.07) is 20.6. The van der Waals surface area contributed by atoms with Crippen LogP contribution in [-0.2, 0) is 4.74 Å². The number of aromatic hydroxyl groups is 1. The Kier molecular flexibility index (Phi) is 6.73. The van der Waals surface area contributed by atoms with Crippen molar-refractivity contribution in [2.45, 2.75) is 13.8 Å². The summed E-state index contributed by atoms with van der Waals surface area (Å²) in [5.41, 5.74) is 1.57. The number of fused-ring (bicyclic) bond motifs is 1. The molecule has 0 fully saturated rings. The zero-order chi connectivity index (χ0) is 24.1. The van der Waals surface area contributed by atoms with Crippen LogP contribution >= 0.6 is 0 Å². The Hall–Kier alpha value is -4.39. The van der Waals surface area contributed by atoms with Gasteiger partial charge >= 0.3 is 5.97 Å². The Bertz CT molecular complexity index is 1400. The Morgan fingerprint density at radius 1 is 0.941 bits per heavy atom. The molecule has 0 aliphatic carbocycles. The van der Waals surface area contributed by atoms with E-state index in [0.29, 0.717) is 52.2 Å². The number of rotatable bonds is 7. The Morgan fingerprint density at radius 2 is 1.62 bits per heavy atom. The minimum atomic E-state index is -0.399. The Balaban J connectivity index is 1.78. The summed E-state index contributed by atoms with van der Waals surface area (Å²) < 4.78 is 11.7. The van der Waals surface area contributed by atoms with E-state index in [1.54, 1.807) is 79.7 Å². The second-order valence-electron chi connectivity index (χ2n) is 7.38. The zero-order valence-electron chi connectivity index (χ0n) is 18.9. The highest BCUT2D eigenvalue weighted by molar-refractivity contribution is 6.02. The minimum Gasteiger partial charge on any atom is -0.494 e. The lowest BCUT2D eigenvalue weighted by atomic mass is 10.1. The third-order valence-electron chi connectivity index (χ3n) is 5.23. The maximum absolute atomic E-state index is 13.2. The van der Waals surface area contributed by atoms with E-state index in [1.165, 1.54) is 10.8 Å². The highest BCUT2D eigenvalue weighted by Crippen LogP contribution is 2.27. The first-order chi connectivity index (χ1) is 16.5. The van der Waals surface area contributed by atoms with E-state index >= 15 is 0 Å². The fourth-order valence-corrected chi connectivity index (χ4v) is 3.62. The second kappa shape index (κ2) is 10.0. The molecular weight excluding hydrogens is 432 g/mol. The SMILES string of the molecule is CCOC(=O)c1ccc(N=Cc2c(O)n(-c3ccc(OCC)cc3)c(=O)c3ccccc23)cc1. The third-order valence-corrected chi connectivity index (χ3v) is 5.23. The summed E-state index contributed by atoms with van der Waals surface area (Å²) in [7, 11) is 0. The van der Waals surface area contributed by atoms with Crippen LogP contribution in [0.25, 0.3) is 16.5 Å². The van der Waals surface area contributed by atoms with Crippen LogP contribution in [0.4, 0.5) is 5.69 Å². The molecule has 0 aliphatic rings. The number of pyridine rings is 1. The van der Waals surface area contributed by atoms with Gasteiger partial charge < -0.3 is 14.6 Å². The molecule has 34 heavy (non-hydrogen) atoms. The number of hydrogen-bond acceptors (Lipinski definition) is 6. The topological polar surface area (TPSA) is 90.1 Å². The summed E-state index contributed by atoms with van der Waals surface area (Å²) in [6.45, 7) is 4.47. The van der Waals surface area contributed by atoms with Crippen molar-refractivity contribution < 1.29 is 19.4 Å². The van der Waals surface area contributed by atoms with E-state index in [2.05, 4.69) is 4.99 Å². The van der Waals surface area contributed by atoms with Gasteiger partial charge in [-0.25, -0.2) is 9.36 Å². The smallest absolute Gasteiger partial charge is 0.338 e. The number of hydrogen-bond donors (Lipinski definition) is 1. The lowest BCUT2D eigenvalue weighted by Crippen LogP contribution is -2.20. The summed E-state index contributed by atoms with van der Waals surface area (Å²) in [4.78, 5) is 29.5. The van der Waals surface area contributed by atoms with E-state index in [-0.39, 0.29) is 11.4 Å². The first-order valence-corrected chi connectivity index (χ1v) is 10.9. The molecule has 1 aromatic heterocycles. The van der Waals surface area contributed by atoms with Crippen molar-refractivity contribution in [2.75, 3.05) is 13.2 Å². The normalized spacial score (nSPS) is 11.1. The molecule has 0 atom stereocenters.